The van der Waals surface area contributed by atoms with Crippen molar-refractivity contribution in [2.45, 2.75) is 98.5 Å². The van der Waals surface area contributed by atoms with Crippen molar-refractivity contribution in [1.29, 1.82) is 0 Å². The lowest BCUT2D eigenvalue weighted by molar-refractivity contribution is 0.238. The molecule has 2 aromatic carbocycles. The molecule has 0 saturated heterocycles. The Hall–Kier alpha value is -2.09. The fourth-order valence-electron chi connectivity index (χ4n) is 3.45. The lowest BCUT2D eigenvalue weighted by Gasteiger charge is -2.22. The third kappa shape index (κ3) is 9.61. The van der Waals surface area contributed by atoms with Gasteiger partial charge in [-0.2, -0.15) is 0 Å². The van der Waals surface area contributed by atoms with E-state index in [9.17, 15) is 0 Å². The third-order valence-corrected chi connectivity index (χ3v) is 5.07. The van der Waals surface area contributed by atoms with E-state index in [2.05, 4.69) is 64.7 Å². The highest BCUT2D eigenvalue weighted by Crippen LogP contribution is 2.35. The van der Waals surface area contributed by atoms with Crippen LogP contribution in [0.4, 0.5) is 5.69 Å². The Morgan fingerprint density at radius 3 is 2.03 bits per heavy atom. The molecule has 0 aliphatic carbocycles. The van der Waals surface area contributed by atoms with Gasteiger partial charge in [-0.05, 0) is 56.4 Å². The monoisotopic (exact) mass is 409 g/mol. The quantitative estimate of drug-likeness (QED) is 0.268. The van der Waals surface area contributed by atoms with E-state index in [1.807, 2.05) is 36.5 Å². The van der Waals surface area contributed by atoms with Crippen LogP contribution in [-0.4, -0.2) is 12.3 Å². The normalized spacial score (nSPS) is 12.0. The summed E-state index contributed by atoms with van der Waals surface area (Å²) in [4.78, 5) is 4.61. The minimum atomic E-state index is 0.147. The van der Waals surface area contributed by atoms with Crippen molar-refractivity contribution in [1.82, 2.24) is 0 Å². The molecule has 1 atom stereocenters. The van der Waals surface area contributed by atoms with Gasteiger partial charge in [-0.25, -0.2) is 0 Å². The van der Waals surface area contributed by atoms with Crippen molar-refractivity contribution in [3.8, 4) is 5.75 Å². The summed E-state index contributed by atoms with van der Waals surface area (Å²) in [7, 11) is 0. The molecule has 1 unspecified atom stereocenters. The minimum Gasteiger partial charge on any atom is -0.490 e. The Balaban J connectivity index is 0.000000656. The first-order valence-electron chi connectivity index (χ1n) is 12.0. The van der Waals surface area contributed by atoms with Crippen LogP contribution >= 0.6 is 0 Å². The summed E-state index contributed by atoms with van der Waals surface area (Å²) in [6, 6.07) is 16.4. The van der Waals surface area contributed by atoms with E-state index < -0.39 is 0 Å². The summed E-state index contributed by atoms with van der Waals surface area (Å²) < 4.78 is 6.20. The molecule has 0 aliphatic heterocycles. The van der Waals surface area contributed by atoms with E-state index in [1.54, 1.807) is 0 Å². The summed E-state index contributed by atoms with van der Waals surface area (Å²) in [5.41, 5.74) is 3.32. The zero-order valence-electron chi connectivity index (χ0n) is 20.2. The number of hydrogen-bond acceptors (Lipinski definition) is 2. The van der Waals surface area contributed by atoms with Crippen molar-refractivity contribution in [3.05, 3.63) is 59.7 Å². The standard InChI is InChI=1S/C22H29NO.C6H14/c1-5-11-18(6-2)21-15-10-12-19(22(21)24-17(3)4)16-23-20-13-8-7-9-14-20;1-3-5-6-4-2/h7-10,12-18H,5-6,11H2,1-4H3;3-6H2,1-2H3. The van der Waals surface area contributed by atoms with Crippen LogP contribution in [0.15, 0.2) is 53.5 Å². The van der Waals surface area contributed by atoms with Gasteiger partial charge in [-0.15, -0.1) is 0 Å². The van der Waals surface area contributed by atoms with Gasteiger partial charge < -0.3 is 4.74 Å². The maximum atomic E-state index is 6.20. The molecule has 0 bridgehead atoms. The van der Waals surface area contributed by atoms with Gasteiger partial charge in [0.05, 0.1) is 11.8 Å². The van der Waals surface area contributed by atoms with E-state index in [1.165, 1.54) is 44.1 Å². The number of rotatable bonds is 11. The van der Waals surface area contributed by atoms with E-state index in [4.69, 9.17) is 4.74 Å². The molecule has 0 heterocycles. The van der Waals surface area contributed by atoms with Crippen LogP contribution in [0.1, 0.15) is 104 Å². The van der Waals surface area contributed by atoms with Crippen LogP contribution in [0.3, 0.4) is 0 Å². The number of ether oxygens (including phenoxy) is 1. The second-order valence-corrected chi connectivity index (χ2v) is 8.13. The topological polar surface area (TPSA) is 21.6 Å². The molecular weight excluding hydrogens is 366 g/mol. The molecule has 0 aromatic heterocycles. The van der Waals surface area contributed by atoms with Gasteiger partial charge in [0.2, 0.25) is 0 Å². The summed E-state index contributed by atoms with van der Waals surface area (Å²) >= 11 is 0. The molecule has 0 saturated carbocycles. The van der Waals surface area contributed by atoms with Crippen LogP contribution in [-0.2, 0) is 0 Å². The number of nitrogens with zero attached hydrogens (tertiary/aromatic N) is 1. The Bertz CT molecular complexity index is 702. The highest BCUT2D eigenvalue weighted by Gasteiger charge is 2.17. The average molecular weight is 410 g/mol. The largest absolute Gasteiger partial charge is 0.490 e. The molecule has 2 rings (SSSR count). The summed E-state index contributed by atoms with van der Waals surface area (Å²) in [6.07, 6.45) is 11.1. The Kier molecular flexibility index (Phi) is 13.6. The minimum absolute atomic E-state index is 0.147. The molecule has 0 aliphatic rings. The maximum absolute atomic E-state index is 6.20. The van der Waals surface area contributed by atoms with Gasteiger partial charge >= 0.3 is 0 Å². The Labute approximate surface area is 185 Å². The predicted octanol–water partition coefficient (Wildman–Crippen LogP) is 9.10. The van der Waals surface area contributed by atoms with Gasteiger partial charge in [0.1, 0.15) is 5.75 Å². The molecule has 0 N–H and O–H groups in total. The van der Waals surface area contributed by atoms with E-state index >= 15 is 0 Å². The second kappa shape index (κ2) is 15.7. The lowest BCUT2D eigenvalue weighted by atomic mass is 9.90. The SMILES string of the molecule is CCCC(CC)c1cccc(C=Nc2ccccc2)c1OC(C)C.CCCCCC. The first-order chi connectivity index (χ1) is 14.6. The molecule has 0 spiro atoms. The van der Waals surface area contributed by atoms with E-state index in [-0.39, 0.29) is 6.10 Å². The first-order valence-corrected chi connectivity index (χ1v) is 12.0. The molecule has 0 radical (unpaired) electrons. The van der Waals surface area contributed by atoms with Gasteiger partial charge in [-0.1, -0.05) is 90.1 Å². The molecular formula is C28H43NO. The number of unbranched alkanes of at least 4 members (excludes halogenated alkanes) is 3. The number of aliphatic imine (C=N–C) groups is 1. The van der Waals surface area contributed by atoms with E-state index in [0.29, 0.717) is 5.92 Å². The third-order valence-electron chi connectivity index (χ3n) is 5.07. The van der Waals surface area contributed by atoms with Crippen molar-refractivity contribution in [3.63, 3.8) is 0 Å². The van der Waals surface area contributed by atoms with Crippen LogP contribution in [0.2, 0.25) is 0 Å². The van der Waals surface area contributed by atoms with Gasteiger partial charge in [0.15, 0.2) is 0 Å². The highest BCUT2D eigenvalue weighted by atomic mass is 16.5. The maximum Gasteiger partial charge on any atom is 0.131 e. The Morgan fingerprint density at radius 1 is 0.833 bits per heavy atom. The highest BCUT2D eigenvalue weighted by molar-refractivity contribution is 5.86. The fraction of sp³-hybridized carbons (Fsp3) is 0.536. The molecule has 30 heavy (non-hydrogen) atoms. The van der Waals surface area contributed by atoms with Gasteiger partial charge in [0, 0.05) is 11.8 Å². The van der Waals surface area contributed by atoms with Crippen molar-refractivity contribution in [2.24, 2.45) is 4.99 Å². The molecule has 0 amide bonds. The number of para-hydroxylation sites is 2. The predicted molar refractivity (Wildman–Crippen MR) is 134 cm³/mol. The molecule has 2 aromatic rings. The molecule has 2 heteroatoms. The van der Waals surface area contributed by atoms with Crippen molar-refractivity contribution >= 4 is 11.9 Å². The molecule has 0 fully saturated rings. The number of benzene rings is 2. The molecule has 2 nitrogen and oxygen atoms in total. The van der Waals surface area contributed by atoms with Crippen LogP contribution in [0.25, 0.3) is 0 Å². The fourth-order valence-corrected chi connectivity index (χ4v) is 3.45. The van der Waals surface area contributed by atoms with E-state index in [0.717, 1.165) is 23.4 Å². The van der Waals surface area contributed by atoms with Gasteiger partial charge in [-0.3, -0.25) is 4.99 Å². The summed E-state index contributed by atoms with van der Waals surface area (Å²) in [5.74, 6) is 1.53. The van der Waals surface area contributed by atoms with Crippen LogP contribution < -0.4 is 4.74 Å². The zero-order valence-corrected chi connectivity index (χ0v) is 20.2. The number of hydrogen-bond donors (Lipinski definition) is 0. The summed E-state index contributed by atoms with van der Waals surface area (Å²) in [5, 5.41) is 0. The van der Waals surface area contributed by atoms with Gasteiger partial charge in [0.25, 0.3) is 0 Å². The second-order valence-electron chi connectivity index (χ2n) is 8.13. The smallest absolute Gasteiger partial charge is 0.131 e. The average Bonchev–Trinajstić information content (AvgIpc) is 2.76. The van der Waals surface area contributed by atoms with Crippen molar-refractivity contribution < 1.29 is 4.74 Å². The molecule has 166 valence electrons. The van der Waals surface area contributed by atoms with Crippen LogP contribution in [0, 0.1) is 0 Å². The first kappa shape index (κ1) is 25.9. The Morgan fingerprint density at radius 2 is 1.50 bits per heavy atom. The lowest BCUT2D eigenvalue weighted by Crippen LogP contribution is -2.11. The summed E-state index contributed by atoms with van der Waals surface area (Å²) in [6.45, 7) is 13.1. The zero-order chi connectivity index (χ0) is 22.2. The van der Waals surface area contributed by atoms with Crippen LogP contribution in [0.5, 0.6) is 5.75 Å². The van der Waals surface area contributed by atoms with Crippen molar-refractivity contribution in [2.75, 3.05) is 0 Å².